The molecule has 0 aromatic carbocycles. The summed E-state index contributed by atoms with van der Waals surface area (Å²) in [6.07, 6.45) is 3.56. The first kappa shape index (κ1) is 7.54. The van der Waals surface area contributed by atoms with Crippen LogP contribution in [0.1, 0.15) is 6.92 Å². The number of thioether (sulfide) groups is 1. The predicted molar refractivity (Wildman–Crippen MR) is 47.2 cm³/mol. The van der Waals surface area contributed by atoms with Crippen molar-refractivity contribution in [1.82, 2.24) is 19.6 Å². The molecule has 2 aromatic rings. The smallest absolute Gasteiger partial charge is 0.220 e. The Labute approximate surface area is 74.0 Å². The number of fused-ring (bicyclic) bond motifs is 1. The molecule has 0 aliphatic rings. The van der Waals surface area contributed by atoms with Gasteiger partial charge in [0.25, 0.3) is 5.78 Å². The molecule has 0 saturated heterocycles. The lowest BCUT2D eigenvalue weighted by Crippen LogP contribution is -1.86. The first-order valence-corrected chi connectivity index (χ1v) is 4.69. The summed E-state index contributed by atoms with van der Waals surface area (Å²) in [4.78, 5) is 8.27. The molecule has 0 atom stereocenters. The van der Waals surface area contributed by atoms with Crippen LogP contribution in [0.4, 0.5) is 0 Å². The van der Waals surface area contributed by atoms with Crippen LogP contribution in [0, 0.1) is 0 Å². The second-order valence-electron chi connectivity index (χ2n) is 2.19. The highest BCUT2D eigenvalue weighted by atomic mass is 32.2. The van der Waals surface area contributed by atoms with Crippen LogP contribution in [0.2, 0.25) is 0 Å². The van der Waals surface area contributed by atoms with Crippen LogP contribution in [0.15, 0.2) is 23.6 Å². The average Bonchev–Trinajstić information content (AvgIpc) is 2.47. The summed E-state index contributed by atoms with van der Waals surface area (Å²) >= 11 is 1.62. The van der Waals surface area contributed by atoms with Gasteiger partial charge in [0, 0.05) is 12.4 Å². The van der Waals surface area contributed by atoms with Gasteiger partial charge in [-0.1, -0.05) is 18.7 Å². The Bertz CT molecular complexity index is 351. The zero-order valence-electron chi connectivity index (χ0n) is 6.64. The number of hydrogen-bond donors (Lipinski definition) is 0. The van der Waals surface area contributed by atoms with Crippen molar-refractivity contribution in [3.05, 3.63) is 18.5 Å². The average molecular weight is 180 g/mol. The second-order valence-corrected chi connectivity index (χ2v) is 3.42. The van der Waals surface area contributed by atoms with E-state index in [1.807, 2.05) is 12.3 Å². The molecule has 0 fully saturated rings. The van der Waals surface area contributed by atoms with Crippen molar-refractivity contribution in [2.45, 2.75) is 12.1 Å². The minimum atomic E-state index is 0.661. The molecule has 0 aliphatic carbocycles. The summed E-state index contributed by atoms with van der Waals surface area (Å²) in [6, 6.07) is 1.84. The summed E-state index contributed by atoms with van der Waals surface area (Å²) in [6.45, 7) is 2.07. The Morgan fingerprint density at radius 1 is 1.58 bits per heavy atom. The minimum Gasteiger partial charge on any atom is -0.220 e. The predicted octanol–water partition coefficient (Wildman–Crippen LogP) is 1.24. The zero-order chi connectivity index (χ0) is 8.39. The Morgan fingerprint density at radius 3 is 3.25 bits per heavy atom. The van der Waals surface area contributed by atoms with E-state index >= 15 is 0 Å². The van der Waals surface area contributed by atoms with Crippen LogP contribution < -0.4 is 0 Å². The SMILES string of the molecule is CCSc1nc2ncccn2n1. The lowest BCUT2D eigenvalue weighted by Gasteiger charge is -1.84. The molecule has 2 aromatic heterocycles. The number of rotatable bonds is 2. The van der Waals surface area contributed by atoms with E-state index in [-0.39, 0.29) is 0 Å². The molecule has 0 spiro atoms. The molecular weight excluding hydrogens is 172 g/mol. The minimum absolute atomic E-state index is 0.661. The van der Waals surface area contributed by atoms with E-state index in [0.717, 1.165) is 10.9 Å². The molecule has 0 saturated carbocycles. The van der Waals surface area contributed by atoms with Crippen molar-refractivity contribution in [3.63, 3.8) is 0 Å². The summed E-state index contributed by atoms with van der Waals surface area (Å²) in [5.74, 6) is 1.64. The van der Waals surface area contributed by atoms with Crippen molar-refractivity contribution < 1.29 is 0 Å². The van der Waals surface area contributed by atoms with Crippen molar-refractivity contribution >= 4 is 17.5 Å². The van der Waals surface area contributed by atoms with Crippen LogP contribution in [-0.4, -0.2) is 25.3 Å². The molecule has 5 heteroatoms. The molecule has 0 aliphatic heterocycles. The van der Waals surface area contributed by atoms with E-state index in [4.69, 9.17) is 0 Å². The van der Waals surface area contributed by atoms with Gasteiger partial charge >= 0.3 is 0 Å². The fraction of sp³-hybridized carbons (Fsp3) is 0.286. The maximum atomic E-state index is 4.21. The lowest BCUT2D eigenvalue weighted by atomic mass is 10.7. The van der Waals surface area contributed by atoms with Gasteiger partial charge in [0.15, 0.2) is 0 Å². The van der Waals surface area contributed by atoms with E-state index in [1.165, 1.54) is 0 Å². The molecular formula is C7H8N4S. The van der Waals surface area contributed by atoms with Gasteiger partial charge in [-0.25, -0.2) is 9.50 Å². The second kappa shape index (κ2) is 3.10. The van der Waals surface area contributed by atoms with Gasteiger partial charge in [-0.2, -0.15) is 4.98 Å². The summed E-state index contributed by atoms with van der Waals surface area (Å²) in [5, 5.41) is 5.00. The number of hydrogen-bond acceptors (Lipinski definition) is 4. The highest BCUT2D eigenvalue weighted by Crippen LogP contribution is 2.11. The molecule has 2 rings (SSSR count). The third kappa shape index (κ3) is 1.27. The largest absolute Gasteiger partial charge is 0.253 e. The van der Waals surface area contributed by atoms with E-state index in [2.05, 4.69) is 22.0 Å². The van der Waals surface area contributed by atoms with Crippen LogP contribution in [0.5, 0.6) is 0 Å². The third-order valence-electron chi connectivity index (χ3n) is 1.37. The Kier molecular flexibility index (Phi) is 1.95. The quantitative estimate of drug-likeness (QED) is 0.652. The highest BCUT2D eigenvalue weighted by Gasteiger charge is 2.01. The van der Waals surface area contributed by atoms with Crippen molar-refractivity contribution in [2.75, 3.05) is 5.75 Å². The van der Waals surface area contributed by atoms with Gasteiger partial charge in [0.1, 0.15) is 0 Å². The summed E-state index contributed by atoms with van der Waals surface area (Å²) in [5.41, 5.74) is 0. The Morgan fingerprint density at radius 2 is 2.50 bits per heavy atom. The fourth-order valence-electron chi connectivity index (χ4n) is 0.904. The molecule has 0 N–H and O–H groups in total. The van der Waals surface area contributed by atoms with E-state index in [0.29, 0.717) is 5.78 Å². The maximum Gasteiger partial charge on any atom is 0.253 e. The van der Waals surface area contributed by atoms with Gasteiger partial charge in [0.2, 0.25) is 5.16 Å². The number of aromatic nitrogens is 4. The van der Waals surface area contributed by atoms with Gasteiger partial charge in [0.05, 0.1) is 0 Å². The van der Waals surface area contributed by atoms with Gasteiger partial charge in [-0.3, -0.25) is 0 Å². The first-order valence-electron chi connectivity index (χ1n) is 3.70. The lowest BCUT2D eigenvalue weighted by molar-refractivity contribution is 0.879. The van der Waals surface area contributed by atoms with Crippen LogP contribution in [0.25, 0.3) is 5.78 Å². The first-order chi connectivity index (χ1) is 5.90. The Hall–Kier alpha value is -1.10. The van der Waals surface area contributed by atoms with E-state index in [1.54, 1.807) is 22.5 Å². The Balaban J connectivity index is 2.47. The highest BCUT2D eigenvalue weighted by molar-refractivity contribution is 7.99. The molecule has 0 unspecified atom stereocenters. The fourth-order valence-corrected chi connectivity index (χ4v) is 1.45. The number of nitrogens with zero attached hydrogens (tertiary/aromatic N) is 4. The molecule has 2 heterocycles. The van der Waals surface area contributed by atoms with Gasteiger partial charge in [-0.05, 0) is 11.8 Å². The van der Waals surface area contributed by atoms with Crippen LogP contribution in [-0.2, 0) is 0 Å². The standard InChI is InChI=1S/C7H8N4S/c1-2-12-7-9-6-8-4-3-5-11(6)10-7/h3-5H,2H2,1H3. The normalized spacial score (nSPS) is 10.8. The molecule has 62 valence electrons. The van der Waals surface area contributed by atoms with E-state index < -0.39 is 0 Å². The molecule has 0 radical (unpaired) electrons. The van der Waals surface area contributed by atoms with Gasteiger partial charge < -0.3 is 0 Å². The third-order valence-corrected chi connectivity index (χ3v) is 2.09. The molecule has 0 amide bonds. The topological polar surface area (TPSA) is 43.1 Å². The maximum absolute atomic E-state index is 4.21. The molecule has 12 heavy (non-hydrogen) atoms. The molecule has 4 nitrogen and oxygen atoms in total. The zero-order valence-corrected chi connectivity index (χ0v) is 7.45. The van der Waals surface area contributed by atoms with Crippen molar-refractivity contribution in [2.24, 2.45) is 0 Å². The van der Waals surface area contributed by atoms with Crippen molar-refractivity contribution in [3.8, 4) is 0 Å². The van der Waals surface area contributed by atoms with Gasteiger partial charge in [-0.15, -0.1) is 5.10 Å². The van der Waals surface area contributed by atoms with Crippen molar-refractivity contribution in [1.29, 1.82) is 0 Å². The monoisotopic (exact) mass is 180 g/mol. The van der Waals surface area contributed by atoms with Crippen LogP contribution >= 0.6 is 11.8 Å². The summed E-state index contributed by atoms with van der Waals surface area (Å²) in [7, 11) is 0. The van der Waals surface area contributed by atoms with E-state index in [9.17, 15) is 0 Å². The molecule has 0 bridgehead atoms. The summed E-state index contributed by atoms with van der Waals surface area (Å²) < 4.78 is 1.68. The van der Waals surface area contributed by atoms with Crippen LogP contribution in [0.3, 0.4) is 0 Å².